The largest absolute Gasteiger partial charge is 0.268 e. The highest BCUT2D eigenvalue weighted by Gasteiger charge is 2.37. The van der Waals surface area contributed by atoms with Crippen molar-refractivity contribution in [1.82, 2.24) is 0 Å². The Morgan fingerprint density at radius 1 is 1.10 bits per heavy atom. The van der Waals surface area contributed by atoms with Crippen molar-refractivity contribution < 1.29 is 9.59 Å². The molecule has 102 valence electrons. The predicted molar refractivity (Wildman–Crippen MR) is 86.5 cm³/mol. The highest BCUT2D eigenvalue weighted by Crippen LogP contribution is 2.34. The molecule has 0 atom stereocenters. The minimum atomic E-state index is -0.380. The zero-order valence-corrected chi connectivity index (χ0v) is 13.3. The summed E-state index contributed by atoms with van der Waals surface area (Å²) in [4.78, 5) is 25.9. The Bertz CT molecular complexity index is 807. The van der Waals surface area contributed by atoms with Gasteiger partial charge in [-0.15, -0.1) is 0 Å². The van der Waals surface area contributed by atoms with Crippen LogP contribution in [0.4, 0.5) is 5.69 Å². The summed E-state index contributed by atoms with van der Waals surface area (Å²) >= 11 is 7.99. The topological polar surface area (TPSA) is 61.2 Å². The molecule has 2 aromatic carbocycles. The SMILES string of the molecule is N#Cc1cc(I)c(N2C(=O)c3ccccc3C2=O)cc1Cl. The summed E-state index contributed by atoms with van der Waals surface area (Å²) in [6.45, 7) is 0. The van der Waals surface area contributed by atoms with Crippen molar-refractivity contribution in [2.24, 2.45) is 0 Å². The molecule has 0 saturated heterocycles. The van der Waals surface area contributed by atoms with Crippen LogP contribution >= 0.6 is 34.2 Å². The van der Waals surface area contributed by atoms with Crippen LogP contribution in [0.1, 0.15) is 26.3 Å². The van der Waals surface area contributed by atoms with Crippen LogP contribution in [0.3, 0.4) is 0 Å². The van der Waals surface area contributed by atoms with Gasteiger partial charge in [0, 0.05) is 3.57 Å². The molecule has 4 nitrogen and oxygen atoms in total. The molecule has 0 spiro atoms. The van der Waals surface area contributed by atoms with E-state index in [9.17, 15) is 9.59 Å². The van der Waals surface area contributed by atoms with E-state index in [2.05, 4.69) is 0 Å². The summed E-state index contributed by atoms with van der Waals surface area (Å²) in [5.74, 6) is -0.761. The molecular formula is C15H6ClIN2O2. The zero-order valence-electron chi connectivity index (χ0n) is 10.4. The van der Waals surface area contributed by atoms with Crippen molar-refractivity contribution in [2.45, 2.75) is 0 Å². The highest BCUT2D eigenvalue weighted by molar-refractivity contribution is 14.1. The van der Waals surface area contributed by atoms with Gasteiger partial charge >= 0.3 is 0 Å². The number of fused-ring (bicyclic) bond motifs is 1. The number of benzene rings is 2. The molecule has 0 N–H and O–H groups in total. The summed E-state index contributed by atoms with van der Waals surface area (Å²) in [7, 11) is 0. The molecule has 1 aliphatic heterocycles. The molecule has 21 heavy (non-hydrogen) atoms. The van der Waals surface area contributed by atoms with Crippen molar-refractivity contribution in [3.63, 3.8) is 0 Å². The molecular weight excluding hydrogens is 403 g/mol. The first-order valence-electron chi connectivity index (χ1n) is 5.91. The van der Waals surface area contributed by atoms with E-state index in [4.69, 9.17) is 16.9 Å². The summed E-state index contributed by atoms with van der Waals surface area (Å²) in [5.41, 5.74) is 1.45. The molecule has 0 aromatic heterocycles. The molecule has 0 radical (unpaired) electrons. The number of nitrogens with zero attached hydrogens (tertiary/aromatic N) is 2. The van der Waals surface area contributed by atoms with Gasteiger partial charge in [0.05, 0.1) is 27.4 Å². The van der Waals surface area contributed by atoms with Crippen molar-refractivity contribution in [2.75, 3.05) is 4.90 Å². The standard InChI is InChI=1S/C15H6ClIN2O2/c16-11-6-13(12(17)5-8(11)7-18)19-14(20)9-3-1-2-4-10(9)15(19)21/h1-6H. The monoisotopic (exact) mass is 408 g/mol. The molecule has 6 heteroatoms. The van der Waals surface area contributed by atoms with Gasteiger partial charge in [0.15, 0.2) is 0 Å². The second kappa shape index (κ2) is 5.13. The summed E-state index contributed by atoms with van der Waals surface area (Å²) in [6, 6.07) is 11.7. The van der Waals surface area contributed by atoms with Gasteiger partial charge < -0.3 is 0 Å². The smallest absolute Gasteiger partial charge is 0.266 e. The Balaban J connectivity index is 2.16. The lowest BCUT2D eigenvalue weighted by Crippen LogP contribution is -2.30. The van der Waals surface area contributed by atoms with E-state index < -0.39 is 0 Å². The maximum absolute atomic E-state index is 12.4. The number of nitriles is 1. The number of hydrogen-bond acceptors (Lipinski definition) is 3. The van der Waals surface area contributed by atoms with Crippen LogP contribution in [-0.4, -0.2) is 11.8 Å². The molecule has 0 unspecified atom stereocenters. The Morgan fingerprint density at radius 2 is 1.67 bits per heavy atom. The van der Waals surface area contributed by atoms with Crippen LogP contribution in [0.15, 0.2) is 36.4 Å². The fourth-order valence-corrected chi connectivity index (χ4v) is 3.11. The Labute approximate surface area is 139 Å². The predicted octanol–water partition coefficient (Wildman–Crippen LogP) is 3.62. The first kappa shape index (κ1) is 14.0. The van der Waals surface area contributed by atoms with Gasteiger partial charge in [0.25, 0.3) is 11.8 Å². The van der Waals surface area contributed by atoms with E-state index in [-0.39, 0.29) is 16.8 Å². The zero-order chi connectivity index (χ0) is 15.1. The van der Waals surface area contributed by atoms with Gasteiger partial charge in [-0.3, -0.25) is 9.59 Å². The van der Waals surface area contributed by atoms with Gasteiger partial charge in [-0.1, -0.05) is 23.7 Å². The quantitative estimate of drug-likeness (QED) is 0.535. The first-order chi connectivity index (χ1) is 10.0. The fourth-order valence-electron chi connectivity index (χ4n) is 2.20. The van der Waals surface area contributed by atoms with Crippen molar-refractivity contribution in [1.29, 1.82) is 5.26 Å². The summed E-state index contributed by atoms with van der Waals surface area (Å²) < 4.78 is 0.614. The van der Waals surface area contributed by atoms with Gasteiger partial charge in [0.2, 0.25) is 0 Å². The first-order valence-corrected chi connectivity index (χ1v) is 7.37. The number of carbonyl (C=O) groups is 2. The average molecular weight is 409 g/mol. The normalized spacial score (nSPS) is 13.3. The average Bonchev–Trinajstić information content (AvgIpc) is 2.74. The number of amides is 2. The third kappa shape index (κ3) is 2.11. The van der Waals surface area contributed by atoms with Crippen LogP contribution in [-0.2, 0) is 0 Å². The molecule has 0 fully saturated rings. The van der Waals surface area contributed by atoms with E-state index in [0.29, 0.717) is 25.9 Å². The summed E-state index contributed by atoms with van der Waals surface area (Å²) in [5, 5.41) is 9.17. The van der Waals surface area contributed by atoms with Gasteiger partial charge in [0.1, 0.15) is 6.07 Å². The van der Waals surface area contributed by atoms with E-state index in [0.717, 1.165) is 4.90 Å². The minimum absolute atomic E-state index is 0.212. The van der Waals surface area contributed by atoms with E-state index >= 15 is 0 Å². The molecule has 2 amide bonds. The molecule has 0 aliphatic carbocycles. The fraction of sp³-hybridized carbons (Fsp3) is 0. The highest BCUT2D eigenvalue weighted by atomic mass is 127. The van der Waals surface area contributed by atoms with Crippen molar-refractivity contribution in [3.8, 4) is 6.07 Å². The molecule has 3 rings (SSSR count). The number of anilines is 1. The van der Waals surface area contributed by atoms with Crippen LogP contribution in [0.2, 0.25) is 5.02 Å². The van der Waals surface area contributed by atoms with Crippen molar-refractivity contribution >= 4 is 51.7 Å². The third-order valence-corrected chi connectivity index (χ3v) is 4.37. The van der Waals surface area contributed by atoms with Crippen LogP contribution in [0.25, 0.3) is 0 Å². The van der Waals surface area contributed by atoms with Gasteiger partial charge in [-0.05, 0) is 46.9 Å². The maximum atomic E-state index is 12.4. The van der Waals surface area contributed by atoms with Gasteiger partial charge in [-0.2, -0.15) is 5.26 Å². The van der Waals surface area contributed by atoms with Crippen LogP contribution in [0.5, 0.6) is 0 Å². The minimum Gasteiger partial charge on any atom is -0.268 e. The second-order valence-corrected chi connectivity index (χ2v) is 5.96. The van der Waals surface area contributed by atoms with E-state index in [1.54, 1.807) is 30.3 Å². The second-order valence-electron chi connectivity index (χ2n) is 4.39. The molecule has 2 aromatic rings. The Morgan fingerprint density at radius 3 is 2.19 bits per heavy atom. The van der Waals surface area contributed by atoms with E-state index in [1.165, 1.54) is 6.07 Å². The van der Waals surface area contributed by atoms with Gasteiger partial charge in [-0.25, -0.2) is 4.90 Å². The number of hydrogen-bond donors (Lipinski definition) is 0. The Kier molecular flexibility index (Phi) is 3.43. The molecule has 1 heterocycles. The van der Waals surface area contributed by atoms with Crippen molar-refractivity contribution in [3.05, 3.63) is 61.7 Å². The number of halogens is 2. The maximum Gasteiger partial charge on any atom is 0.266 e. The number of imide groups is 1. The molecule has 1 aliphatic rings. The Hall–Kier alpha value is -1.91. The third-order valence-electron chi connectivity index (χ3n) is 3.19. The molecule has 0 bridgehead atoms. The molecule has 0 saturated carbocycles. The summed E-state index contributed by atoms with van der Waals surface area (Å²) in [6.07, 6.45) is 0. The lowest BCUT2D eigenvalue weighted by Gasteiger charge is -2.16. The van der Waals surface area contributed by atoms with Crippen LogP contribution in [0, 0.1) is 14.9 Å². The number of rotatable bonds is 1. The lowest BCUT2D eigenvalue weighted by molar-refractivity contribution is 0.0926. The number of carbonyl (C=O) groups excluding carboxylic acids is 2. The lowest BCUT2D eigenvalue weighted by atomic mass is 10.1. The van der Waals surface area contributed by atoms with Crippen LogP contribution < -0.4 is 4.90 Å². The van der Waals surface area contributed by atoms with E-state index in [1.807, 2.05) is 28.7 Å².